The van der Waals surface area contributed by atoms with E-state index >= 15 is 0 Å². The van der Waals surface area contributed by atoms with Crippen LogP contribution in [0.2, 0.25) is 0 Å². The van der Waals surface area contributed by atoms with Crippen molar-refractivity contribution in [3.63, 3.8) is 0 Å². The minimum absolute atomic E-state index is 0.0866. The van der Waals surface area contributed by atoms with Crippen LogP contribution in [-0.4, -0.2) is 46.4 Å². The highest BCUT2D eigenvalue weighted by Gasteiger charge is 2.29. The van der Waals surface area contributed by atoms with Gasteiger partial charge in [0.2, 0.25) is 5.91 Å². The van der Waals surface area contributed by atoms with Crippen molar-refractivity contribution in [1.29, 1.82) is 0 Å². The molecule has 2 aromatic carbocycles. The number of hydrogen-bond acceptors (Lipinski definition) is 4. The van der Waals surface area contributed by atoms with Gasteiger partial charge in [-0.3, -0.25) is 14.7 Å². The molecule has 4 rings (SSSR count). The maximum absolute atomic E-state index is 14.3. The van der Waals surface area contributed by atoms with Crippen LogP contribution >= 0.6 is 0 Å². The number of carbonyl (C=O) groups is 1. The molecular formula is C25H25F2N3O2. The van der Waals surface area contributed by atoms with Crippen molar-refractivity contribution >= 4 is 5.91 Å². The van der Waals surface area contributed by atoms with Crippen molar-refractivity contribution in [2.45, 2.75) is 25.8 Å². The van der Waals surface area contributed by atoms with Gasteiger partial charge < -0.3 is 9.64 Å². The molecule has 3 aromatic rings. The second-order valence-electron chi connectivity index (χ2n) is 7.94. The molecule has 1 saturated heterocycles. The molecule has 0 saturated carbocycles. The van der Waals surface area contributed by atoms with Gasteiger partial charge in [0, 0.05) is 44.1 Å². The number of pyridine rings is 1. The van der Waals surface area contributed by atoms with Crippen molar-refractivity contribution in [3.05, 3.63) is 101 Å². The smallest absolute Gasteiger partial charge is 0.237 e. The highest BCUT2D eigenvalue weighted by Crippen LogP contribution is 2.18. The van der Waals surface area contributed by atoms with Crippen molar-refractivity contribution in [3.8, 4) is 0 Å². The number of amides is 1. The molecule has 1 aliphatic rings. The molecule has 0 spiro atoms. The van der Waals surface area contributed by atoms with Crippen molar-refractivity contribution in [1.82, 2.24) is 14.8 Å². The van der Waals surface area contributed by atoms with Gasteiger partial charge in [0.1, 0.15) is 0 Å². The predicted molar refractivity (Wildman–Crippen MR) is 116 cm³/mol. The average Bonchev–Trinajstić information content (AvgIpc) is 2.95. The summed E-state index contributed by atoms with van der Waals surface area (Å²) < 4.78 is 34.1. The Kier molecular flexibility index (Phi) is 7.19. The van der Waals surface area contributed by atoms with Gasteiger partial charge in [-0.2, -0.15) is 0 Å². The van der Waals surface area contributed by atoms with Gasteiger partial charge in [-0.1, -0.05) is 48.5 Å². The van der Waals surface area contributed by atoms with E-state index in [2.05, 4.69) is 4.98 Å². The van der Waals surface area contributed by atoms with Gasteiger partial charge in [0.05, 0.1) is 19.3 Å². The fourth-order valence-corrected chi connectivity index (χ4v) is 3.84. The monoisotopic (exact) mass is 437 g/mol. The summed E-state index contributed by atoms with van der Waals surface area (Å²) in [5.41, 5.74) is 2.18. The number of aromatic nitrogens is 1. The average molecular weight is 437 g/mol. The normalized spacial score (nSPS) is 17.4. The van der Waals surface area contributed by atoms with E-state index in [1.807, 2.05) is 47.4 Å². The number of carbonyl (C=O) groups excluding carboxylic acids is 1. The first-order chi connectivity index (χ1) is 15.6. The number of halogens is 2. The summed E-state index contributed by atoms with van der Waals surface area (Å²) in [6, 6.07) is 17.7. The maximum atomic E-state index is 14.3. The van der Waals surface area contributed by atoms with Crippen molar-refractivity contribution in [2.24, 2.45) is 0 Å². The minimum Gasteiger partial charge on any atom is -0.370 e. The quantitative estimate of drug-likeness (QED) is 0.564. The molecule has 32 heavy (non-hydrogen) atoms. The van der Waals surface area contributed by atoms with Crippen LogP contribution in [-0.2, 0) is 29.2 Å². The first-order valence-corrected chi connectivity index (χ1v) is 10.6. The van der Waals surface area contributed by atoms with Gasteiger partial charge >= 0.3 is 0 Å². The Hall–Kier alpha value is -3.16. The Labute approximate surface area is 186 Å². The molecule has 2 heterocycles. The van der Waals surface area contributed by atoms with Gasteiger partial charge in [0.25, 0.3) is 0 Å². The molecule has 0 bridgehead atoms. The number of ether oxygens (including phenoxy) is 1. The van der Waals surface area contributed by atoms with Crippen molar-refractivity contribution < 1.29 is 18.3 Å². The summed E-state index contributed by atoms with van der Waals surface area (Å²) in [6.45, 7) is 1.88. The predicted octanol–water partition coefficient (Wildman–Crippen LogP) is 3.79. The maximum Gasteiger partial charge on any atom is 0.237 e. The van der Waals surface area contributed by atoms with E-state index in [1.165, 1.54) is 6.07 Å². The largest absolute Gasteiger partial charge is 0.370 e. The Bertz CT molecular complexity index is 1030. The lowest BCUT2D eigenvalue weighted by Crippen LogP contribution is -2.37. The topological polar surface area (TPSA) is 45.7 Å². The summed E-state index contributed by atoms with van der Waals surface area (Å²) >= 11 is 0. The van der Waals surface area contributed by atoms with E-state index in [9.17, 15) is 13.6 Å². The fraction of sp³-hybridized carbons (Fsp3) is 0.280. The molecule has 0 aliphatic carbocycles. The molecule has 0 radical (unpaired) electrons. The van der Waals surface area contributed by atoms with Gasteiger partial charge in [-0.25, -0.2) is 8.78 Å². The lowest BCUT2D eigenvalue weighted by atomic mass is 10.2. The molecule has 0 N–H and O–H groups in total. The Morgan fingerprint density at radius 2 is 1.75 bits per heavy atom. The summed E-state index contributed by atoms with van der Waals surface area (Å²) in [7, 11) is 0. The second-order valence-corrected chi connectivity index (χ2v) is 7.94. The molecule has 166 valence electrons. The number of rotatable bonds is 7. The van der Waals surface area contributed by atoms with Crippen LogP contribution in [0.4, 0.5) is 8.78 Å². The zero-order valence-electron chi connectivity index (χ0n) is 17.7. The molecule has 1 atom stereocenters. The van der Waals surface area contributed by atoms with Crippen molar-refractivity contribution in [2.75, 3.05) is 19.6 Å². The Morgan fingerprint density at radius 1 is 0.938 bits per heavy atom. The van der Waals surface area contributed by atoms with E-state index < -0.39 is 11.6 Å². The lowest BCUT2D eigenvalue weighted by molar-refractivity contribution is -0.132. The van der Waals surface area contributed by atoms with Crippen LogP contribution in [0.25, 0.3) is 0 Å². The third-order valence-corrected chi connectivity index (χ3v) is 5.45. The second kappa shape index (κ2) is 10.4. The molecule has 5 nitrogen and oxygen atoms in total. The van der Waals surface area contributed by atoms with E-state index in [0.29, 0.717) is 26.2 Å². The van der Waals surface area contributed by atoms with Crippen LogP contribution in [0.1, 0.15) is 16.7 Å². The van der Waals surface area contributed by atoms with Gasteiger partial charge in [-0.05, 0) is 23.3 Å². The number of hydrogen-bond donors (Lipinski definition) is 0. The Morgan fingerprint density at radius 3 is 2.53 bits per heavy atom. The molecule has 1 fully saturated rings. The SMILES string of the molecule is O=C1CN(Cc2cccc(F)c2F)C[C@@H](OCc2ccccc2)CN1Cc1cccnc1. The van der Waals surface area contributed by atoms with E-state index in [-0.39, 0.29) is 30.7 Å². The summed E-state index contributed by atoms with van der Waals surface area (Å²) in [6.07, 6.45) is 3.14. The minimum atomic E-state index is -0.890. The first-order valence-electron chi connectivity index (χ1n) is 10.6. The zero-order valence-corrected chi connectivity index (χ0v) is 17.7. The molecule has 7 heteroatoms. The van der Waals surface area contributed by atoms with Crippen LogP contribution in [0, 0.1) is 11.6 Å². The van der Waals surface area contributed by atoms with Gasteiger partial charge in [0.15, 0.2) is 11.6 Å². The summed E-state index contributed by atoms with van der Waals surface area (Å²) in [5.74, 6) is -1.85. The summed E-state index contributed by atoms with van der Waals surface area (Å²) in [4.78, 5) is 20.7. The van der Waals surface area contributed by atoms with Crippen LogP contribution in [0.15, 0.2) is 73.1 Å². The summed E-state index contributed by atoms with van der Waals surface area (Å²) in [5, 5.41) is 0. The molecule has 1 aromatic heterocycles. The van der Waals surface area contributed by atoms with Crippen LogP contribution in [0.5, 0.6) is 0 Å². The molecule has 1 aliphatic heterocycles. The molecule has 0 unspecified atom stereocenters. The van der Waals surface area contributed by atoms with Gasteiger partial charge in [-0.15, -0.1) is 0 Å². The number of benzene rings is 2. The highest BCUT2D eigenvalue weighted by atomic mass is 19.2. The lowest BCUT2D eigenvalue weighted by Gasteiger charge is -2.25. The van der Waals surface area contributed by atoms with E-state index in [0.717, 1.165) is 17.2 Å². The molecular weight excluding hydrogens is 412 g/mol. The first kappa shape index (κ1) is 22.0. The third kappa shape index (κ3) is 5.75. The van der Waals surface area contributed by atoms with Crippen LogP contribution < -0.4 is 0 Å². The third-order valence-electron chi connectivity index (χ3n) is 5.45. The standard InChI is InChI=1S/C25H25F2N3O2/c26-23-10-4-9-21(25(23)27)14-29-15-22(32-18-19-6-2-1-3-7-19)16-30(24(31)17-29)13-20-8-5-11-28-12-20/h1-12,22H,13-18H2/t22-/m1/s1. The Balaban J connectivity index is 1.51. The zero-order chi connectivity index (χ0) is 22.3. The molecule has 1 amide bonds. The van der Waals surface area contributed by atoms with Crippen LogP contribution in [0.3, 0.4) is 0 Å². The number of nitrogens with zero attached hydrogens (tertiary/aromatic N) is 3. The fourth-order valence-electron chi connectivity index (χ4n) is 3.84. The van der Waals surface area contributed by atoms with E-state index in [1.54, 1.807) is 23.4 Å². The van der Waals surface area contributed by atoms with E-state index in [4.69, 9.17) is 4.74 Å². The highest BCUT2D eigenvalue weighted by molar-refractivity contribution is 5.78.